The number of anilines is 1. The molecule has 35 heavy (non-hydrogen) atoms. The van der Waals surface area contributed by atoms with E-state index in [0.717, 1.165) is 44.0 Å². The first-order valence-corrected chi connectivity index (χ1v) is 12.4. The van der Waals surface area contributed by atoms with Crippen molar-refractivity contribution in [1.29, 1.82) is 0 Å². The zero-order valence-electron chi connectivity index (χ0n) is 20.3. The lowest BCUT2D eigenvalue weighted by molar-refractivity contribution is 0.182. The van der Waals surface area contributed by atoms with Crippen LogP contribution in [-0.4, -0.2) is 22.9 Å². The van der Waals surface area contributed by atoms with E-state index in [-0.39, 0.29) is 11.3 Å². The number of aliphatic hydroxyl groups excluding tert-OH is 1. The Kier molecular flexibility index (Phi) is 5.74. The van der Waals surface area contributed by atoms with Crippen LogP contribution in [0, 0.1) is 0 Å². The summed E-state index contributed by atoms with van der Waals surface area (Å²) >= 11 is 1.56. The lowest BCUT2D eigenvalue weighted by Gasteiger charge is -2.35. The summed E-state index contributed by atoms with van der Waals surface area (Å²) in [4.78, 5) is 0.929. The largest absolute Gasteiger partial charge is 0.504 e. The van der Waals surface area contributed by atoms with Crippen molar-refractivity contribution in [3.63, 3.8) is 0 Å². The highest BCUT2D eigenvalue weighted by Gasteiger charge is 2.33. The van der Waals surface area contributed by atoms with E-state index in [9.17, 15) is 10.2 Å². The molecule has 5 nitrogen and oxygen atoms in total. The van der Waals surface area contributed by atoms with Crippen LogP contribution in [0.4, 0.5) is 5.69 Å². The SMILES string of the molecule is C=CC[C@@H](O)c1ccsc1/C=C1\Oc2ccc(O)c(OC)c2-c2ccc3c(c21)C(C)=CC(C)(C)N3. The first-order valence-electron chi connectivity index (χ1n) is 11.6. The number of thiophene rings is 1. The number of hydrogen-bond acceptors (Lipinski definition) is 6. The van der Waals surface area contributed by atoms with Crippen molar-refractivity contribution in [3.8, 4) is 28.4 Å². The van der Waals surface area contributed by atoms with Crippen molar-refractivity contribution < 1.29 is 19.7 Å². The monoisotopic (exact) mass is 487 g/mol. The summed E-state index contributed by atoms with van der Waals surface area (Å²) in [6, 6.07) is 9.41. The number of nitrogens with one attached hydrogen (secondary N) is 1. The fraction of sp³-hybridized carbons (Fsp3) is 0.241. The number of ether oxygens (including phenoxy) is 2. The zero-order valence-corrected chi connectivity index (χ0v) is 21.1. The molecule has 0 fully saturated rings. The number of benzene rings is 2. The summed E-state index contributed by atoms with van der Waals surface area (Å²) in [7, 11) is 1.55. The number of rotatable bonds is 5. The van der Waals surface area contributed by atoms with E-state index < -0.39 is 6.10 Å². The van der Waals surface area contributed by atoms with Crippen LogP contribution in [0.2, 0.25) is 0 Å². The Morgan fingerprint density at radius 1 is 1.17 bits per heavy atom. The molecule has 0 saturated carbocycles. The van der Waals surface area contributed by atoms with Crippen molar-refractivity contribution in [2.45, 2.75) is 38.8 Å². The fourth-order valence-electron chi connectivity index (χ4n) is 5.08. The van der Waals surface area contributed by atoms with Gasteiger partial charge in [0.25, 0.3) is 0 Å². The molecule has 0 bridgehead atoms. The molecule has 0 saturated heterocycles. The Labute approximate surface area is 209 Å². The Hall–Kier alpha value is -3.48. The molecular weight excluding hydrogens is 458 g/mol. The Balaban J connectivity index is 1.79. The van der Waals surface area contributed by atoms with E-state index in [0.29, 0.717) is 23.7 Å². The van der Waals surface area contributed by atoms with Crippen molar-refractivity contribution in [3.05, 3.63) is 76.0 Å². The smallest absolute Gasteiger partial charge is 0.172 e. The first kappa shape index (κ1) is 23.3. The summed E-state index contributed by atoms with van der Waals surface area (Å²) in [6.07, 6.45) is 5.78. The third-order valence-corrected chi connectivity index (χ3v) is 7.29. The second kappa shape index (κ2) is 8.63. The third kappa shape index (κ3) is 3.93. The van der Waals surface area contributed by atoms with Crippen LogP contribution in [0.15, 0.2) is 54.4 Å². The molecular formula is C29H29NO4S. The number of aromatic hydroxyl groups is 1. The third-order valence-electron chi connectivity index (χ3n) is 6.41. The molecule has 1 atom stereocenters. The normalized spacial score (nSPS) is 17.3. The topological polar surface area (TPSA) is 71.0 Å². The molecule has 1 aromatic heterocycles. The lowest BCUT2D eigenvalue weighted by Crippen LogP contribution is -2.32. The van der Waals surface area contributed by atoms with Gasteiger partial charge in [-0.2, -0.15) is 0 Å². The fourth-order valence-corrected chi connectivity index (χ4v) is 5.95. The summed E-state index contributed by atoms with van der Waals surface area (Å²) in [6.45, 7) is 10.2. The maximum Gasteiger partial charge on any atom is 0.172 e. The minimum absolute atomic E-state index is 0.0607. The van der Waals surface area contributed by atoms with E-state index >= 15 is 0 Å². The van der Waals surface area contributed by atoms with E-state index in [1.165, 1.54) is 0 Å². The van der Waals surface area contributed by atoms with Gasteiger partial charge in [0.15, 0.2) is 11.5 Å². The average Bonchev–Trinajstić information content (AvgIpc) is 3.26. The summed E-state index contributed by atoms with van der Waals surface area (Å²) in [5.41, 5.74) is 6.43. The van der Waals surface area contributed by atoms with Gasteiger partial charge >= 0.3 is 0 Å². The van der Waals surface area contributed by atoms with Crippen LogP contribution >= 0.6 is 11.3 Å². The first-order chi connectivity index (χ1) is 16.7. The number of fused-ring (bicyclic) bond motifs is 5. The molecule has 5 rings (SSSR count). The van der Waals surface area contributed by atoms with Gasteiger partial charge in [0.2, 0.25) is 0 Å². The molecule has 3 aromatic rings. The molecule has 2 aliphatic heterocycles. The van der Waals surface area contributed by atoms with Gasteiger partial charge in [-0.1, -0.05) is 18.2 Å². The quantitative estimate of drug-likeness (QED) is 0.331. The number of hydrogen-bond donors (Lipinski definition) is 3. The van der Waals surface area contributed by atoms with Crippen LogP contribution in [0.5, 0.6) is 17.2 Å². The minimum Gasteiger partial charge on any atom is -0.504 e. The number of phenolic OH excluding ortho intramolecular Hbond substituents is 1. The van der Waals surface area contributed by atoms with Crippen LogP contribution < -0.4 is 14.8 Å². The minimum atomic E-state index is -0.633. The number of aliphatic hydroxyl groups is 1. The Morgan fingerprint density at radius 3 is 2.71 bits per heavy atom. The highest BCUT2D eigenvalue weighted by atomic mass is 32.1. The number of phenols is 1. The van der Waals surface area contributed by atoms with Crippen molar-refractivity contribution in [2.75, 3.05) is 12.4 Å². The predicted octanol–water partition coefficient (Wildman–Crippen LogP) is 7.24. The molecule has 0 aliphatic carbocycles. The van der Waals surface area contributed by atoms with Gasteiger partial charge in [0.1, 0.15) is 11.5 Å². The second-order valence-electron chi connectivity index (χ2n) is 9.47. The molecule has 3 heterocycles. The molecule has 3 N–H and O–H groups in total. The standard InChI is InChI=1S/C29H29NO4S/c1-6-7-20(31)17-12-13-35-24(17)14-23-26-18(27-22(34-23)11-10-21(32)28(27)33-5)8-9-19-25(26)16(2)15-29(3,4)30-19/h6,8-15,20,30-32H,1,7H2,2-5H3/b23-14-/t20-/m1/s1. The van der Waals surface area contributed by atoms with Gasteiger partial charge in [-0.05, 0) is 74.1 Å². The van der Waals surface area contributed by atoms with Gasteiger partial charge in [-0.25, -0.2) is 0 Å². The summed E-state index contributed by atoms with van der Waals surface area (Å²) in [5.74, 6) is 1.73. The van der Waals surface area contributed by atoms with Crippen LogP contribution in [0.3, 0.4) is 0 Å². The maximum absolute atomic E-state index is 10.7. The second-order valence-corrected chi connectivity index (χ2v) is 10.4. The van der Waals surface area contributed by atoms with Gasteiger partial charge in [0, 0.05) is 27.3 Å². The molecule has 2 aliphatic rings. The predicted molar refractivity (Wildman–Crippen MR) is 144 cm³/mol. The molecule has 0 unspecified atom stereocenters. The number of methoxy groups -OCH3 is 1. The Morgan fingerprint density at radius 2 is 1.97 bits per heavy atom. The van der Waals surface area contributed by atoms with Crippen LogP contribution in [0.25, 0.3) is 28.5 Å². The van der Waals surface area contributed by atoms with Crippen molar-refractivity contribution in [1.82, 2.24) is 0 Å². The lowest BCUT2D eigenvalue weighted by atomic mass is 9.83. The molecule has 0 amide bonds. The highest BCUT2D eigenvalue weighted by molar-refractivity contribution is 7.11. The van der Waals surface area contributed by atoms with Gasteiger partial charge in [-0.15, -0.1) is 17.9 Å². The highest BCUT2D eigenvalue weighted by Crippen LogP contribution is 2.54. The average molecular weight is 488 g/mol. The molecule has 0 spiro atoms. The summed E-state index contributed by atoms with van der Waals surface area (Å²) in [5, 5.41) is 26.8. The molecule has 6 heteroatoms. The van der Waals surface area contributed by atoms with Gasteiger partial charge in [-0.3, -0.25) is 0 Å². The van der Waals surface area contributed by atoms with Gasteiger partial charge < -0.3 is 25.0 Å². The van der Waals surface area contributed by atoms with E-state index in [1.807, 2.05) is 17.5 Å². The van der Waals surface area contributed by atoms with Crippen LogP contribution in [-0.2, 0) is 0 Å². The molecule has 180 valence electrons. The van der Waals surface area contributed by atoms with Crippen LogP contribution in [0.1, 0.15) is 54.9 Å². The molecule has 0 radical (unpaired) electrons. The van der Waals surface area contributed by atoms with Crippen molar-refractivity contribution >= 4 is 34.4 Å². The number of allylic oxidation sites excluding steroid dienone is 1. The van der Waals surface area contributed by atoms with Crippen molar-refractivity contribution in [2.24, 2.45) is 0 Å². The maximum atomic E-state index is 10.7. The zero-order chi connectivity index (χ0) is 24.9. The van der Waals surface area contributed by atoms with E-state index in [4.69, 9.17) is 9.47 Å². The van der Waals surface area contributed by atoms with E-state index in [1.54, 1.807) is 36.7 Å². The van der Waals surface area contributed by atoms with E-state index in [2.05, 4.69) is 50.9 Å². The Bertz CT molecular complexity index is 1400. The summed E-state index contributed by atoms with van der Waals surface area (Å²) < 4.78 is 12.1. The van der Waals surface area contributed by atoms with Gasteiger partial charge in [0.05, 0.1) is 24.3 Å². The molecule has 2 aromatic carbocycles.